The van der Waals surface area contributed by atoms with Crippen LogP contribution in [0.4, 0.5) is 4.39 Å². The molecule has 0 saturated heterocycles. The minimum absolute atomic E-state index is 0.0425. The number of hydrogen-bond acceptors (Lipinski definition) is 5. The summed E-state index contributed by atoms with van der Waals surface area (Å²) in [7, 11) is 2.85. The number of likely N-dealkylation sites (N-methyl/N-ethyl adjacent to an activating group) is 2. The lowest BCUT2D eigenvalue weighted by Crippen LogP contribution is -2.47. The molecule has 2 aromatic rings. The molecular formula is C23H24FN3O5. The summed E-state index contributed by atoms with van der Waals surface area (Å²) in [6, 6.07) is 8.70. The Kier molecular flexibility index (Phi) is 8.76. The Labute approximate surface area is 184 Å². The van der Waals surface area contributed by atoms with Crippen molar-refractivity contribution in [3.05, 3.63) is 70.5 Å². The third-order valence-electron chi connectivity index (χ3n) is 4.99. The molecule has 2 aromatic carbocycles. The van der Waals surface area contributed by atoms with Crippen LogP contribution in [0.15, 0.2) is 42.5 Å². The van der Waals surface area contributed by atoms with Crippen LogP contribution in [-0.4, -0.2) is 55.3 Å². The number of amides is 3. The molecule has 1 atom stereocenters. The number of halogens is 1. The molecule has 0 heterocycles. The Balaban J connectivity index is 2.24. The topological polar surface area (TPSA) is 113 Å². The Morgan fingerprint density at radius 1 is 1.09 bits per heavy atom. The van der Waals surface area contributed by atoms with Crippen LogP contribution >= 0.6 is 0 Å². The second kappa shape index (κ2) is 11.5. The van der Waals surface area contributed by atoms with Crippen LogP contribution in [0.1, 0.15) is 49.5 Å². The molecule has 3 amide bonds. The lowest BCUT2D eigenvalue weighted by molar-refractivity contribution is -0.125. The number of nitrogens with one attached hydrogen (secondary N) is 2. The van der Waals surface area contributed by atoms with E-state index in [1.54, 1.807) is 12.1 Å². The van der Waals surface area contributed by atoms with Gasteiger partial charge in [0.25, 0.3) is 11.8 Å². The average Bonchev–Trinajstić information content (AvgIpc) is 2.81. The fourth-order valence-corrected chi connectivity index (χ4v) is 3.20. The fraction of sp³-hybridized carbons (Fsp3) is 0.261. The monoisotopic (exact) mass is 441 g/mol. The first-order valence-electron chi connectivity index (χ1n) is 9.87. The average molecular weight is 441 g/mol. The zero-order chi connectivity index (χ0) is 23.7. The molecular weight excluding hydrogens is 417 g/mol. The molecule has 0 aromatic heterocycles. The van der Waals surface area contributed by atoms with Crippen molar-refractivity contribution in [2.24, 2.45) is 0 Å². The second-order valence-electron chi connectivity index (χ2n) is 6.98. The first-order valence-corrected chi connectivity index (χ1v) is 9.87. The van der Waals surface area contributed by atoms with Gasteiger partial charge < -0.3 is 20.3 Å². The van der Waals surface area contributed by atoms with Gasteiger partial charge in [-0.3, -0.25) is 19.2 Å². The number of rotatable bonds is 10. The van der Waals surface area contributed by atoms with Crippen molar-refractivity contribution in [1.82, 2.24) is 15.5 Å². The molecule has 0 aliphatic rings. The van der Waals surface area contributed by atoms with Gasteiger partial charge in [0.2, 0.25) is 5.91 Å². The van der Waals surface area contributed by atoms with Gasteiger partial charge in [-0.1, -0.05) is 12.1 Å². The maximum Gasteiger partial charge on any atom is 0.255 e. The van der Waals surface area contributed by atoms with E-state index in [9.17, 15) is 28.4 Å². The van der Waals surface area contributed by atoms with Crippen molar-refractivity contribution in [2.75, 3.05) is 14.1 Å². The molecule has 0 bridgehead atoms. The Hall–Kier alpha value is -3.88. The number of carbonyl (C=O) groups is 5. The third-order valence-corrected chi connectivity index (χ3v) is 4.99. The van der Waals surface area contributed by atoms with E-state index in [4.69, 9.17) is 0 Å². The molecule has 32 heavy (non-hydrogen) atoms. The summed E-state index contributed by atoms with van der Waals surface area (Å²) in [5.41, 5.74) is 0.791. The van der Waals surface area contributed by atoms with E-state index in [2.05, 4.69) is 10.6 Å². The summed E-state index contributed by atoms with van der Waals surface area (Å²) in [6.07, 6.45) is 1.40. The zero-order valence-electron chi connectivity index (χ0n) is 17.8. The minimum Gasteiger partial charge on any atom is -0.357 e. The standard InChI is InChI=1S/C23H24FN3O5/c1-25-22(31)20(7-4-12-28)27(2)23(32)18-6-3-5-16(19(18)14-29)13-26-21(30)15-8-10-17(24)11-9-15/h3,5-6,8-12,14,20H,4,7,13H2,1-2H3,(H,25,31)(H,26,30). The van der Waals surface area contributed by atoms with Crippen molar-refractivity contribution >= 4 is 30.3 Å². The van der Waals surface area contributed by atoms with E-state index in [1.165, 1.54) is 37.2 Å². The van der Waals surface area contributed by atoms with Crippen molar-refractivity contribution in [2.45, 2.75) is 25.4 Å². The third kappa shape index (κ3) is 5.84. The predicted molar refractivity (Wildman–Crippen MR) is 115 cm³/mol. The van der Waals surface area contributed by atoms with Gasteiger partial charge >= 0.3 is 0 Å². The number of aldehydes is 2. The number of carbonyl (C=O) groups excluding carboxylic acids is 5. The molecule has 2 rings (SSSR count). The van der Waals surface area contributed by atoms with E-state index in [-0.39, 0.29) is 36.1 Å². The molecule has 0 spiro atoms. The Morgan fingerprint density at radius 3 is 2.38 bits per heavy atom. The van der Waals surface area contributed by atoms with E-state index >= 15 is 0 Å². The summed E-state index contributed by atoms with van der Waals surface area (Å²) in [6.45, 7) is -0.0425. The number of nitrogens with zero attached hydrogens (tertiary/aromatic N) is 1. The normalized spacial score (nSPS) is 11.2. The van der Waals surface area contributed by atoms with E-state index < -0.39 is 29.6 Å². The van der Waals surface area contributed by atoms with E-state index in [1.807, 2.05) is 0 Å². The first-order chi connectivity index (χ1) is 15.3. The van der Waals surface area contributed by atoms with Gasteiger partial charge in [0.05, 0.1) is 5.56 Å². The summed E-state index contributed by atoms with van der Waals surface area (Å²) in [5.74, 6) is -1.94. The van der Waals surface area contributed by atoms with Gasteiger partial charge in [-0.05, 0) is 42.3 Å². The summed E-state index contributed by atoms with van der Waals surface area (Å²) in [5, 5.41) is 5.10. The smallest absolute Gasteiger partial charge is 0.255 e. The lowest BCUT2D eigenvalue weighted by atomic mass is 9.99. The van der Waals surface area contributed by atoms with Crippen molar-refractivity contribution in [1.29, 1.82) is 0 Å². The highest BCUT2D eigenvalue weighted by Crippen LogP contribution is 2.18. The van der Waals surface area contributed by atoms with Gasteiger partial charge in [-0.15, -0.1) is 0 Å². The highest BCUT2D eigenvalue weighted by Gasteiger charge is 2.28. The summed E-state index contributed by atoms with van der Waals surface area (Å²) >= 11 is 0. The maximum absolute atomic E-state index is 13.1. The predicted octanol–water partition coefficient (Wildman–Crippen LogP) is 1.73. The molecule has 0 saturated carbocycles. The van der Waals surface area contributed by atoms with Crippen LogP contribution in [0.5, 0.6) is 0 Å². The lowest BCUT2D eigenvalue weighted by Gasteiger charge is -2.27. The Bertz CT molecular complexity index is 1010. The summed E-state index contributed by atoms with van der Waals surface area (Å²) < 4.78 is 13.0. The molecule has 0 fully saturated rings. The number of hydrogen-bond donors (Lipinski definition) is 2. The minimum atomic E-state index is -0.890. The van der Waals surface area contributed by atoms with Gasteiger partial charge in [-0.2, -0.15) is 0 Å². The SMILES string of the molecule is CNC(=O)C(CCC=O)N(C)C(=O)c1cccc(CNC(=O)c2ccc(F)cc2)c1C=O. The zero-order valence-corrected chi connectivity index (χ0v) is 17.8. The van der Waals surface area contributed by atoms with Crippen LogP contribution in [0.3, 0.4) is 0 Å². The largest absolute Gasteiger partial charge is 0.357 e. The first kappa shape index (κ1) is 24.4. The van der Waals surface area contributed by atoms with Crippen molar-refractivity contribution in [3.8, 4) is 0 Å². The number of benzene rings is 2. The van der Waals surface area contributed by atoms with Crippen LogP contribution in [-0.2, 0) is 16.1 Å². The van der Waals surface area contributed by atoms with Crippen LogP contribution in [0.25, 0.3) is 0 Å². The van der Waals surface area contributed by atoms with Gasteiger partial charge in [-0.25, -0.2) is 4.39 Å². The van der Waals surface area contributed by atoms with Crippen molar-refractivity contribution in [3.63, 3.8) is 0 Å². The quantitative estimate of drug-likeness (QED) is 0.546. The second-order valence-corrected chi connectivity index (χ2v) is 6.98. The van der Waals surface area contributed by atoms with E-state index in [0.717, 1.165) is 12.1 Å². The van der Waals surface area contributed by atoms with Crippen LogP contribution in [0.2, 0.25) is 0 Å². The molecule has 8 nitrogen and oxygen atoms in total. The Morgan fingerprint density at radius 2 is 1.78 bits per heavy atom. The van der Waals surface area contributed by atoms with Crippen LogP contribution in [0, 0.1) is 5.82 Å². The van der Waals surface area contributed by atoms with Gasteiger partial charge in [0.15, 0.2) is 6.29 Å². The summed E-state index contributed by atoms with van der Waals surface area (Å²) in [4.78, 5) is 61.3. The fourth-order valence-electron chi connectivity index (χ4n) is 3.20. The van der Waals surface area contributed by atoms with Gasteiger partial charge in [0, 0.05) is 38.2 Å². The maximum atomic E-state index is 13.1. The highest BCUT2D eigenvalue weighted by atomic mass is 19.1. The molecule has 9 heteroatoms. The van der Waals surface area contributed by atoms with Crippen molar-refractivity contribution < 1.29 is 28.4 Å². The molecule has 1 unspecified atom stereocenters. The highest BCUT2D eigenvalue weighted by molar-refractivity contribution is 6.04. The molecule has 2 N–H and O–H groups in total. The van der Waals surface area contributed by atoms with E-state index in [0.29, 0.717) is 18.1 Å². The van der Waals surface area contributed by atoms with Crippen LogP contribution < -0.4 is 10.6 Å². The van der Waals surface area contributed by atoms with Gasteiger partial charge in [0.1, 0.15) is 18.1 Å². The molecule has 0 aliphatic heterocycles. The molecule has 0 aliphatic carbocycles. The molecule has 0 radical (unpaired) electrons. The molecule has 168 valence electrons.